The first-order valence-corrected chi connectivity index (χ1v) is 12.6. The first-order chi connectivity index (χ1) is 18.3. The summed E-state index contributed by atoms with van der Waals surface area (Å²) < 4.78 is 16.7. The van der Waals surface area contributed by atoms with Crippen molar-refractivity contribution in [3.8, 4) is 5.75 Å². The number of anilines is 2. The first-order valence-electron chi connectivity index (χ1n) is 12.6. The zero-order valence-corrected chi connectivity index (χ0v) is 22.7. The molecule has 3 aromatic rings. The normalized spacial score (nSPS) is 22.7. The number of ether oxygens (including phenoxy) is 3. The summed E-state index contributed by atoms with van der Waals surface area (Å²) in [5.41, 5.74) is 2.92. The smallest absolute Gasteiger partial charge is 0.341 e. The lowest BCUT2D eigenvalue weighted by molar-refractivity contribution is -0.231. The molecular weight excluding hydrogens is 530 g/mol. The Morgan fingerprint density at radius 1 is 1.10 bits per heavy atom. The van der Waals surface area contributed by atoms with Gasteiger partial charge in [-0.05, 0) is 44.0 Å². The summed E-state index contributed by atoms with van der Waals surface area (Å²) in [4.78, 5) is 21.7. The summed E-state index contributed by atoms with van der Waals surface area (Å²) in [5.74, 6) is 0.0436. The second-order valence-electron chi connectivity index (χ2n) is 9.06. The number of nitrogens with zero attached hydrogens (tertiary/aromatic N) is 2. The number of fused-ring (bicyclic) bond motifs is 1. The monoisotopic (exact) mass is 563 g/mol. The van der Waals surface area contributed by atoms with Gasteiger partial charge in [-0.2, -0.15) is 0 Å². The number of hydrogen-bond donors (Lipinski definition) is 5. The molecule has 39 heavy (non-hydrogen) atoms. The van der Waals surface area contributed by atoms with Gasteiger partial charge in [0, 0.05) is 17.3 Å². The zero-order valence-electron chi connectivity index (χ0n) is 21.9. The van der Waals surface area contributed by atoms with E-state index in [4.69, 9.17) is 14.2 Å². The van der Waals surface area contributed by atoms with Crippen molar-refractivity contribution in [1.82, 2.24) is 9.97 Å². The molecule has 0 unspecified atom stereocenters. The number of aromatic nitrogens is 2. The number of nitrogens with one attached hydrogen (secondary N) is 1. The molecule has 1 aliphatic rings. The van der Waals surface area contributed by atoms with Crippen molar-refractivity contribution < 1.29 is 39.4 Å². The van der Waals surface area contributed by atoms with Crippen LogP contribution >= 0.6 is 12.4 Å². The van der Waals surface area contributed by atoms with Crippen molar-refractivity contribution in [3.05, 3.63) is 53.3 Å². The van der Waals surface area contributed by atoms with E-state index in [1.165, 1.54) is 6.20 Å². The molecule has 11 nitrogen and oxygen atoms in total. The number of carbonyl (C=O) groups is 1. The highest BCUT2D eigenvalue weighted by molar-refractivity contribution is 6.05. The van der Waals surface area contributed by atoms with E-state index in [2.05, 4.69) is 15.3 Å². The number of hydrogen-bond acceptors (Lipinski definition) is 11. The molecule has 0 amide bonds. The quantitative estimate of drug-likeness (QED) is 0.243. The third kappa shape index (κ3) is 6.40. The van der Waals surface area contributed by atoms with Gasteiger partial charge in [-0.1, -0.05) is 19.1 Å². The van der Waals surface area contributed by atoms with Crippen molar-refractivity contribution in [3.63, 3.8) is 0 Å². The second kappa shape index (κ2) is 13.3. The molecule has 5 N–H and O–H groups in total. The van der Waals surface area contributed by atoms with Crippen LogP contribution in [0.4, 0.5) is 11.4 Å². The summed E-state index contributed by atoms with van der Waals surface area (Å²) >= 11 is 0. The fraction of sp³-hybridized carbons (Fsp3) is 0.444. The molecule has 1 aromatic carbocycles. The minimum atomic E-state index is -1.47. The fourth-order valence-corrected chi connectivity index (χ4v) is 4.33. The average Bonchev–Trinajstić information content (AvgIpc) is 2.91. The van der Waals surface area contributed by atoms with Gasteiger partial charge in [0.1, 0.15) is 41.8 Å². The van der Waals surface area contributed by atoms with Crippen LogP contribution in [0, 0.1) is 6.92 Å². The molecule has 1 aliphatic heterocycles. The van der Waals surface area contributed by atoms with Gasteiger partial charge >= 0.3 is 5.97 Å². The summed E-state index contributed by atoms with van der Waals surface area (Å²) in [7, 11) is 0. The van der Waals surface area contributed by atoms with Crippen LogP contribution in [-0.2, 0) is 9.47 Å². The Labute approximate surface area is 232 Å². The predicted molar refractivity (Wildman–Crippen MR) is 146 cm³/mol. The second-order valence-corrected chi connectivity index (χ2v) is 9.06. The topological polar surface area (TPSA) is 163 Å². The molecular formula is C27H34ClN3O8. The minimum absolute atomic E-state index is 0. The Bertz CT molecular complexity index is 1270. The molecule has 12 heteroatoms. The van der Waals surface area contributed by atoms with E-state index in [-0.39, 0.29) is 24.6 Å². The number of halogens is 1. The molecule has 1 saturated heterocycles. The Morgan fingerprint density at radius 3 is 2.46 bits per heavy atom. The molecule has 0 aliphatic carbocycles. The first kappa shape index (κ1) is 30.5. The van der Waals surface area contributed by atoms with E-state index >= 15 is 0 Å². The Morgan fingerprint density at radius 2 is 1.82 bits per heavy atom. The Balaban J connectivity index is 0.00000420. The maximum absolute atomic E-state index is 12.8. The van der Waals surface area contributed by atoms with Crippen molar-refractivity contribution in [2.45, 2.75) is 57.7 Å². The van der Waals surface area contributed by atoms with E-state index < -0.39 is 43.1 Å². The van der Waals surface area contributed by atoms with E-state index in [1.54, 1.807) is 37.3 Å². The van der Waals surface area contributed by atoms with Gasteiger partial charge in [0.25, 0.3) is 0 Å². The summed E-state index contributed by atoms with van der Waals surface area (Å²) in [6.45, 7) is 5.76. The summed E-state index contributed by atoms with van der Waals surface area (Å²) in [6.07, 6.45) is -4.01. The number of aliphatic hydroxyl groups is 4. The molecule has 5 atom stereocenters. The van der Waals surface area contributed by atoms with Crippen LogP contribution in [0.25, 0.3) is 11.0 Å². The number of rotatable bonds is 9. The standard InChI is InChI=1S/C27H33N3O8.ClH/c1-4-10-37-19-11-17-21(18(27(35)36-5-2)12-28-26(17)29-14(19)3)30-16-8-6-15(7-9-16)25-24(34)23(33)22(32)20(13-31)38-25;/h6-9,11-12,20,22-25,31-34H,4-5,10,13H2,1-3H3,(H,28,29,30);1H/t20-,22+,23+,24-,25+;/m1./s1. The molecule has 0 saturated carbocycles. The SMILES string of the molecule is CCCOc1cc2c(Nc3ccc([C@@H]4O[C@H](CO)[C@H](O)[C@H](O)[C@H]4O)cc3)c(C(=O)OCC)cnc2nc1C.Cl. The highest BCUT2D eigenvalue weighted by Gasteiger charge is 2.43. The third-order valence-corrected chi connectivity index (χ3v) is 6.36. The molecule has 0 bridgehead atoms. The highest BCUT2D eigenvalue weighted by Crippen LogP contribution is 2.35. The summed E-state index contributed by atoms with van der Waals surface area (Å²) in [6, 6.07) is 8.59. The number of benzene rings is 1. The molecule has 2 aromatic heterocycles. The van der Waals surface area contributed by atoms with E-state index in [9.17, 15) is 25.2 Å². The molecule has 1 fully saturated rings. The van der Waals surface area contributed by atoms with Crippen LogP contribution in [0.1, 0.15) is 48.0 Å². The fourth-order valence-electron chi connectivity index (χ4n) is 4.33. The van der Waals surface area contributed by atoms with E-state index in [0.29, 0.717) is 46.0 Å². The Hall–Kier alpha value is -3.06. The van der Waals surface area contributed by atoms with Crippen LogP contribution < -0.4 is 10.1 Å². The predicted octanol–water partition coefficient (Wildman–Crippen LogP) is 2.58. The number of carbonyl (C=O) groups excluding carboxylic acids is 1. The van der Waals surface area contributed by atoms with Gasteiger partial charge in [-0.15, -0.1) is 12.4 Å². The number of aryl methyl sites for hydroxylation is 1. The highest BCUT2D eigenvalue weighted by atomic mass is 35.5. The van der Waals surface area contributed by atoms with Gasteiger partial charge in [-0.3, -0.25) is 0 Å². The molecule has 0 radical (unpaired) electrons. The zero-order chi connectivity index (χ0) is 27.4. The van der Waals surface area contributed by atoms with E-state index in [0.717, 1.165) is 6.42 Å². The van der Waals surface area contributed by atoms with Crippen LogP contribution in [0.15, 0.2) is 36.5 Å². The largest absolute Gasteiger partial charge is 0.492 e. The van der Waals surface area contributed by atoms with Crippen LogP contribution in [0.2, 0.25) is 0 Å². The minimum Gasteiger partial charge on any atom is -0.492 e. The lowest BCUT2D eigenvalue weighted by atomic mass is 9.91. The Kier molecular flexibility index (Phi) is 10.4. The lowest BCUT2D eigenvalue weighted by Gasteiger charge is -2.40. The number of esters is 1. The maximum Gasteiger partial charge on any atom is 0.341 e. The number of aliphatic hydroxyl groups excluding tert-OH is 4. The van der Waals surface area contributed by atoms with Gasteiger partial charge in [0.05, 0.1) is 31.2 Å². The van der Waals surface area contributed by atoms with Gasteiger partial charge < -0.3 is 40.0 Å². The van der Waals surface area contributed by atoms with Crippen molar-refractivity contribution in [2.75, 3.05) is 25.1 Å². The maximum atomic E-state index is 12.8. The van der Waals surface area contributed by atoms with Gasteiger partial charge in [0.2, 0.25) is 0 Å². The van der Waals surface area contributed by atoms with Crippen molar-refractivity contribution in [1.29, 1.82) is 0 Å². The van der Waals surface area contributed by atoms with Gasteiger partial charge in [-0.25, -0.2) is 14.8 Å². The molecule has 212 valence electrons. The van der Waals surface area contributed by atoms with Crippen LogP contribution in [0.3, 0.4) is 0 Å². The number of pyridine rings is 2. The van der Waals surface area contributed by atoms with Crippen LogP contribution in [-0.4, -0.2) is 80.6 Å². The average molecular weight is 564 g/mol. The van der Waals surface area contributed by atoms with Crippen molar-refractivity contribution >= 4 is 40.8 Å². The van der Waals surface area contributed by atoms with E-state index in [1.807, 2.05) is 13.8 Å². The lowest BCUT2D eigenvalue weighted by Crippen LogP contribution is -2.55. The van der Waals surface area contributed by atoms with Crippen LogP contribution in [0.5, 0.6) is 5.75 Å². The third-order valence-electron chi connectivity index (χ3n) is 6.36. The molecule has 4 rings (SSSR count). The molecule has 0 spiro atoms. The summed E-state index contributed by atoms with van der Waals surface area (Å²) in [5, 5.41) is 43.9. The molecule has 3 heterocycles. The van der Waals surface area contributed by atoms with Crippen molar-refractivity contribution in [2.24, 2.45) is 0 Å². The van der Waals surface area contributed by atoms with Gasteiger partial charge in [0.15, 0.2) is 5.65 Å².